The summed E-state index contributed by atoms with van der Waals surface area (Å²) in [6.07, 6.45) is 4.95. The average molecular weight is 344 g/mol. The van der Waals surface area contributed by atoms with Gasteiger partial charge in [-0.25, -0.2) is 4.98 Å². The highest BCUT2D eigenvalue weighted by molar-refractivity contribution is 5.89. The third-order valence-electron chi connectivity index (χ3n) is 5.83. The third kappa shape index (κ3) is 2.94. The standard InChI is InChI=1S/C25H29N/c1-5-9-17-12-14-20-23(17)21-16-19(25(2,3)4)13-15-22(21)26-24(20)18-10-7-6-8-11-18/h6-8,10-11,13,15-17H,5,9,12,14H2,1-4H3. The summed E-state index contributed by atoms with van der Waals surface area (Å²) in [4.78, 5) is 5.13. The number of hydrogen-bond donors (Lipinski definition) is 0. The lowest BCUT2D eigenvalue weighted by Gasteiger charge is -2.22. The van der Waals surface area contributed by atoms with Crippen molar-refractivity contribution < 1.29 is 0 Å². The van der Waals surface area contributed by atoms with Gasteiger partial charge in [0.15, 0.2) is 0 Å². The summed E-state index contributed by atoms with van der Waals surface area (Å²) < 4.78 is 0. The van der Waals surface area contributed by atoms with Crippen LogP contribution in [0.2, 0.25) is 0 Å². The van der Waals surface area contributed by atoms with E-state index in [1.54, 1.807) is 5.56 Å². The second-order valence-corrected chi connectivity index (χ2v) is 8.72. The number of aromatic nitrogens is 1. The molecule has 1 heteroatoms. The molecule has 0 bridgehead atoms. The van der Waals surface area contributed by atoms with Gasteiger partial charge in [-0.15, -0.1) is 0 Å². The van der Waals surface area contributed by atoms with Crippen molar-refractivity contribution in [3.8, 4) is 11.3 Å². The first-order valence-corrected chi connectivity index (χ1v) is 10.0. The molecule has 1 atom stereocenters. The molecule has 0 aliphatic heterocycles. The van der Waals surface area contributed by atoms with Gasteiger partial charge in [0.05, 0.1) is 11.2 Å². The van der Waals surface area contributed by atoms with Crippen LogP contribution in [0.3, 0.4) is 0 Å². The van der Waals surface area contributed by atoms with E-state index in [9.17, 15) is 0 Å². The molecule has 3 aromatic rings. The molecule has 4 rings (SSSR count). The van der Waals surface area contributed by atoms with Gasteiger partial charge in [-0.05, 0) is 59.4 Å². The molecule has 1 heterocycles. The van der Waals surface area contributed by atoms with Crippen molar-refractivity contribution in [3.05, 3.63) is 65.2 Å². The summed E-state index contributed by atoms with van der Waals surface area (Å²) >= 11 is 0. The minimum atomic E-state index is 0.165. The molecule has 2 aromatic carbocycles. The number of hydrogen-bond acceptors (Lipinski definition) is 1. The lowest BCUT2D eigenvalue weighted by atomic mass is 9.84. The highest BCUT2D eigenvalue weighted by Gasteiger charge is 2.28. The zero-order chi connectivity index (χ0) is 18.3. The van der Waals surface area contributed by atoms with Crippen LogP contribution < -0.4 is 0 Å². The molecule has 26 heavy (non-hydrogen) atoms. The van der Waals surface area contributed by atoms with E-state index in [1.807, 2.05) is 0 Å². The molecular weight excluding hydrogens is 314 g/mol. The maximum Gasteiger partial charge on any atom is 0.0744 e. The van der Waals surface area contributed by atoms with E-state index in [2.05, 4.69) is 76.2 Å². The van der Waals surface area contributed by atoms with Crippen LogP contribution in [0.15, 0.2) is 48.5 Å². The highest BCUT2D eigenvalue weighted by Crippen LogP contribution is 2.44. The van der Waals surface area contributed by atoms with Gasteiger partial charge in [0, 0.05) is 10.9 Å². The topological polar surface area (TPSA) is 12.9 Å². The Labute approximate surface area is 157 Å². The summed E-state index contributed by atoms with van der Waals surface area (Å²) in [7, 11) is 0. The van der Waals surface area contributed by atoms with Gasteiger partial charge in [0.25, 0.3) is 0 Å². The quantitative estimate of drug-likeness (QED) is 0.497. The van der Waals surface area contributed by atoms with Gasteiger partial charge in [-0.3, -0.25) is 0 Å². The predicted octanol–water partition coefficient (Wildman–Crippen LogP) is 7.03. The van der Waals surface area contributed by atoms with Crippen LogP contribution >= 0.6 is 0 Å². The van der Waals surface area contributed by atoms with Crippen molar-refractivity contribution in [3.63, 3.8) is 0 Å². The van der Waals surface area contributed by atoms with Crippen LogP contribution in [0, 0.1) is 0 Å². The highest BCUT2D eigenvalue weighted by atomic mass is 14.7. The smallest absolute Gasteiger partial charge is 0.0744 e. The van der Waals surface area contributed by atoms with Crippen LogP contribution in [0.25, 0.3) is 22.2 Å². The normalized spacial score (nSPS) is 16.8. The van der Waals surface area contributed by atoms with Gasteiger partial charge in [-0.2, -0.15) is 0 Å². The molecule has 1 aliphatic carbocycles. The summed E-state index contributed by atoms with van der Waals surface area (Å²) in [6, 6.07) is 17.6. The molecule has 1 nitrogen and oxygen atoms in total. The Hall–Kier alpha value is -2.15. The summed E-state index contributed by atoms with van der Waals surface area (Å²) in [6.45, 7) is 9.19. The SMILES string of the molecule is CCCC1CCc2c(-c3ccccc3)nc3ccc(C(C)(C)C)cc3c21. The Bertz CT molecular complexity index is 932. The second kappa shape index (κ2) is 6.54. The number of rotatable bonds is 3. The van der Waals surface area contributed by atoms with Gasteiger partial charge in [-0.1, -0.05) is 70.5 Å². The molecule has 1 unspecified atom stereocenters. The minimum absolute atomic E-state index is 0.165. The number of nitrogens with zero attached hydrogens (tertiary/aromatic N) is 1. The Morgan fingerprint density at radius 1 is 1.04 bits per heavy atom. The van der Waals surface area contributed by atoms with E-state index in [1.165, 1.54) is 47.0 Å². The van der Waals surface area contributed by atoms with Crippen molar-refractivity contribution in [1.29, 1.82) is 0 Å². The molecule has 0 fully saturated rings. The van der Waals surface area contributed by atoms with E-state index in [-0.39, 0.29) is 5.41 Å². The fraction of sp³-hybridized carbons (Fsp3) is 0.400. The van der Waals surface area contributed by atoms with E-state index in [4.69, 9.17) is 4.98 Å². The van der Waals surface area contributed by atoms with Crippen molar-refractivity contribution in [1.82, 2.24) is 4.98 Å². The van der Waals surface area contributed by atoms with Crippen LogP contribution in [-0.4, -0.2) is 4.98 Å². The molecule has 0 radical (unpaired) electrons. The summed E-state index contributed by atoms with van der Waals surface area (Å²) in [5.74, 6) is 0.679. The molecule has 0 amide bonds. The van der Waals surface area contributed by atoms with Crippen LogP contribution in [0.1, 0.15) is 69.6 Å². The first-order chi connectivity index (χ1) is 12.5. The largest absolute Gasteiger partial charge is 0.247 e. The Morgan fingerprint density at radius 3 is 2.50 bits per heavy atom. The fourth-order valence-electron chi connectivity index (χ4n) is 4.45. The van der Waals surface area contributed by atoms with Crippen LogP contribution in [-0.2, 0) is 11.8 Å². The zero-order valence-corrected chi connectivity index (χ0v) is 16.5. The van der Waals surface area contributed by atoms with E-state index in [0.717, 1.165) is 11.9 Å². The van der Waals surface area contributed by atoms with Crippen molar-refractivity contribution in [2.75, 3.05) is 0 Å². The molecule has 0 spiro atoms. The molecule has 0 N–H and O–H groups in total. The van der Waals surface area contributed by atoms with Crippen molar-refractivity contribution in [2.24, 2.45) is 0 Å². The van der Waals surface area contributed by atoms with E-state index >= 15 is 0 Å². The molecule has 1 aromatic heterocycles. The van der Waals surface area contributed by atoms with Crippen molar-refractivity contribution >= 4 is 10.9 Å². The number of pyridine rings is 1. The second-order valence-electron chi connectivity index (χ2n) is 8.72. The van der Waals surface area contributed by atoms with E-state index in [0.29, 0.717) is 5.92 Å². The van der Waals surface area contributed by atoms with Gasteiger partial charge < -0.3 is 0 Å². The number of fused-ring (bicyclic) bond motifs is 3. The van der Waals surface area contributed by atoms with Crippen molar-refractivity contribution in [2.45, 2.75) is 64.7 Å². The van der Waals surface area contributed by atoms with Gasteiger partial charge in [0.1, 0.15) is 0 Å². The minimum Gasteiger partial charge on any atom is -0.247 e. The van der Waals surface area contributed by atoms with Crippen LogP contribution in [0.5, 0.6) is 0 Å². The zero-order valence-electron chi connectivity index (χ0n) is 16.5. The van der Waals surface area contributed by atoms with Crippen LogP contribution in [0.4, 0.5) is 0 Å². The number of benzene rings is 2. The Kier molecular flexibility index (Phi) is 4.34. The molecular formula is C25H29N. The maximum absolute atomic E-state index is 5.13. The summed E-state index contributed by atoms with van der Waals surface area (Å²) in [5, 5.41) is 1.39. The fourth-order valence-corrected chi connectivity index (χ4v) is 4.45. The molecule has 1 aliphatic rings. The Morgan fingerprint density at radius 2 is 1.81 bits per heavy atom. The van der Waals surface area contributed by atoms with E-state index < -0.39 is 0 Å². The monoisotopic (exact) mass is 343 g/mol. The predicted molar refractivity (Wildman–Crippen MR) is 112 cm³/mol. The lowest BCUT2D eigenvalue weighted by Crippen LogP contribution is -2.11. The molecule has 134 valence electrons. The Balaban J connectivity index is 2.00. The molecule has 0 saturated heterocycles. The third-order valence-corrected chi connectivity index (χ3v) is 5.83. The van der Waals surface area contributed by atoms with Gasteiger partial charge >= 0.3 is 0 Å². The summed E-state index contributed by atoms with van der Waals surface area (Å²) in [5.41, 5.74) is 8.26. The first-order valence-electron chi connectivity index (χ1n) is 10.0. The maximum atomic E-state index is 5.13. The average Bonchev–Trinajstić information content (AvgIpc) is 3.05. The molecule has 0 saturated carbocycles. The first kappa shape index (κ1) is 17.3. The van der Waals surface area contributed by atoms with Gasteiger partial charge in [0.2, 0.25) is 0 Å². The lowest BCUT2D eigenvalue weighted by molar-refractivity contribution is 0.590.